The molecule has 226 valence electrons. The summed E-state index contributed by atoms with van der Waals surface area (Å²) in [6, 6.07) is 15.1. The Bertz CT molecular complexity index is 1580. The third kappa shape index (κ3) is 7.51. The van der Waals surface area contributed by atoms with E-state index in [-0.39, 0.29) is 10.6 Å². The first kappa shape index (κ1) is 31.5. The van der Waals surface area contributed by atoms with Gasteiger partial charge in [0.25, 0.3) is 5.91 Å². The molecular formula is C31H33F3N6O2S. The van der Waals surface area contributed by atoms with E-state index in [2.05, 4.69) is 27.8 Å². The van der Waals surface area contributed by atoms with Crippen molar-refractivity contribution >= 4 is 33.9 Å². The van der Waals surface area contributed by atoms with Crippen molar-refractivity contribution < 1.29 is 23.1 Å². The van der Waals surface area contributed by atoms with Gasteiger partial charge in [0.05, 0.1) is 11.3 Å². The van der Waals surface area contributed by atoms with Gasteiger partial charge in [-0.2, -0.15) is 13.2 Å². The molecule has 1 fully saturated rings. The Morgan fingerprint density at radius 2 is 1.91 bits per heavy atom. The van der Waals surface area contributed by atoms with E-state index >= 15 is 0 Å². The average molecular weight is 611 g/mol. The number of nitrogens with two attached hydrogens (primary N) is 1. The average Bonchev–Trinajstić information content (AvgIpc) is 3.40. The number of alkyl halides is 3. The molecule has 0 unspecified atom stereocenters. The molecule has 4 aromatic rings. The highest BCUT2D eigenvalue weighted by Crippen LogP contribution is 2.40. The maximum absolute atomic E-state index is 12.2. The number of aromatic hydroxyl groups is 1. The summed E-state index contributed by atoms with van der Waals surface area (Å²) in [5, 5.41) is 14.0. The summed E-state index contributed by atoms with van der Waals surface area (Å²) in [7, 11) is 0. The lowest BCUT2D eigenvalue weighted by molar-refractivity contribution is -0.138. The second kappa shape index (κ2) is 13.7. The molecule has 4 N–H and O–H groups in total. The van der Waals surface area contributed by atoms with Crippen molar-refractivity contribution in [2.45, 2.75) is 26.4 Å². The Kier molecular flexibility index (Phi) is 10.0. The number of aromatic nitrogens is 2. The number of piperazine rings is 1. The van der Waals surface area contributed by atoms with E-state index in [1.165, 1.54) is 18.2 Å². The number of thiophene rings is 1. The fraction of sp³-hybridized carbons (Fsp3) is 0.258. The second-order valence-corrected chi connectivity index (χ2v) is 10.7. The fourth-order valence-corrected chi connectivity index (χ4v) is 5.60. The number of benzene rings is 2. The molecule has 2 aromatic heterocycles. The topological polar surface area (TPSA) is 108 Å². The van der Waals surface area contributed by atoms with Gasteiger partial charge in [0.1, 0.15) is 15.6 Å². The number of primary amides is 1. The highest BCUT2D eigenvalue weighted by atomic mass is 32.1. The number of hydrogen-bond donors (Lipinski definition) is 3. The van der Waals surface area contributed by atoms with Crippen molar-refractivity contribution in [1.29, 1.82) is 0 Å². The molecule has 1 amide bonds. The largest absolute Gasteiger partial charge is 0.506 e. The fourth-order valence-electron chi connectivity index (χ4n) is 4.69. The number of carbonyl (C=O) groups is 1. The van der Waals surface area contributed by atoms with Crippen LogP contribution in [0.2, 0.25) is 0 Å². The predicted octanol–water partition coefficient (Wildman–Crippen LogP) is 6.28. The molecule has 8 nitrogen and oxygen atoms in total. The number of halogens is 3. The molecule has 0 radical (unpaired) electrons. The lowest BCUT2D eigenvalue weighted by Crippen LogP contribution is -2.44. The number of anilines is 3. The van der Waals surface area contributed by atoms with E-state index in [4.69, 9.17) is 10.7 Å². The van der Waals surface area contributed by atoms with Crippen LogP contribution in [0.25, 0.3) is 11.3 Å². The molecule has 0 bridgehead atoms. The summed E-state index contributed by atoms with van der Waals surface area (Å²) < 4.78 is 36.7. The molecule has 0 saturated carbocycles. The number of hydrogen-bond acceptors (Lipinski definition) is 8. The quantitative estimate of drug-likeness (QED) is 0.226. The van der Waals surface area contributed by atoms with Gasteiger partial charge in [-0.1, -0.05) is 37.8 Å². The van der Waals surface area contributed by atoms with Crippen molar-refractivity contribution in [3.05, 3.63) is 95.1 Å². The first-order valence-corrected chi connectivity index (χ1v) is 14.4. The van der Waals surface area contributed by atoms with Gasteiger partial charge in [-0.3, -0.25) is 4.79 Å². The minimum absolute atomic E-state index is 0.123. The lowest BCUT2D eigenvalue weighted by Gasteiger charge is -2.27. The van der Waals surface area contributed by atoms with Gasteiger partial charge < -0.3 is 26.0 Å². The lowest BCUT2D eigenvalue weighted by atomic mass is 10.1. The van der Waals surface area contributed by atoms with Crippen LogP contribution in [0, 0.1) is 6.92 Å². The molecule has 5 rings (SSSR count). The van der Waals surface area contributed by atoms with E-state index in [1.807, 2.05) is 30.0 Å². The number of nitrogens with one attached hydrogen (secondary N) is 1. The summed E-state index contributed by atoms with van der Waals surface area (Å²) in [5.74, 6) is -0.0505. The molecule has 43 heavy (non-hydrogen) atoms. The SMILES string of the molecule is C=CN(c1cc(O)c(C(N)=O)s1)c1ccc(-c2ccnc(N3CCNCC3)n2)cc1C.CCc1ccccc1C(F)(F)F. The van der Waals surface area contributed by atoms with E-state index in [9.17, 15) is 23.1 Å². The van der Waals surface area contributed by atoms with Crippen molar-refractivity contribution in [1.82, 2.24) is 15.3 Å². The highest BCUT2D eigenvalue weighted by molar-refractivity contribution is 7.18. The molecule has 1 aliphatic rings. The molecule has 0 spiro atoms. The van der Waals surface area contributed by atoms with Gasteiger partial charge in [-0.05, 0) is 48.7 Å². The molecule has 1 saturated heterocycles. The molecule has 0 aliphatic carbocycles. The third-order valence-electron chi connectivity index (χ3n) is 6.84. The monoisotopic (exact) mass is 610 g/mol. The van der Waals surface area contributed by atoms with Crippen LogP contribution in [0.5, 0.6) is 5.75 Å². The maximum atomic E-state index is 12.2. The molecule has 2 aromatic carbocycles. The highest BCUT2D eigenvalue weighted by Gasteiger charge is 2.32. The molecule has 12 heteroatoms. The Balaban J connectivity index is 0.000000296. The van der Waals surface area contributed by atoms with E-state index in [0.717, 1.165) is 72.0 Å². The molecule has 3 heterocycles. The van der Waals surface area contributed by atoms with Gasteiger partial charge in [0.2, 0.25) is 5.95 Å². The maximum Gasteiger partial charge on any atom is 0.416 e. The van der Waals surface area contributed by atoms with Crippen molar-refractivity contribution in [3.63, 3.8) is 0 Å². The van der Waals surface area contributed by atoms with Gasteiger partial charge >= 0.3 is 6.18 Å². The van der Waals surface area contributed by atoms with Crippen molar-refractivity contribution in [3.8, 4) is 17.0 Å². The van der Waals surface area contributed by atoms with Gasteiger partial charge in [0, 0.05) is 55.9 Å². The number of rotatable bonds is 7. The van der Waals surface area contributed by atoms with Crippen molar-refractivity contribution in [2.75, 3.05) is 36.0 Å². The van der Waals surface area contributed by atoms with Crippen LogP contribution in [-0.2, 0) is 12.6 Å². The Labute approximate surface area is 252 Å². The zero-order chi connectivity index (χ0) is 31.1. The smallest absolute Gasteiger partial charge is 0.416 e. The molecule has 1 aliphatic heterocycles. The summed E-state index contributed by atoms with van der Waals surface area (Å²) in [5.41, 5.74) is 8.88. The van der Waals surface area contributed by atoms with Gasteiger partial charge in [0.15, 0.2) is 0 Å². The molecule has 0 atom stereocenters. The van der Waals surface area contributed by atoms with E-state index in [0.29, 0.717) is 17.0 Å². The third-order valence-corrected chi connectivity index (χ3v) is 7.98. The van der Waals surface area contributed by atoms with Crippen LogP contribution >= 0.6 is 11.3 Å². The summed E-state index contributed by atoms with van der Waals surface area (Å²) in [6.07, 6.45) is -0.369. The van der Waals surface area contributed by atoms with E-state index in [1.54, 1.807) is 25.4 Å². The van der Waals surface area contributed by atoms with Crippen LogP contribution in [-0.4, -0.2) is 47.2 Å². The van der Waals surface area contributed by atoms with E-state index < -0.39 is 17.6 Å². The number of nitrogens with zero attached hydrogens (tertiary/aromatic N) is 4. The van der Waals surface area contributed by atoms with Crippen molar-refractivity contribution in [2.24, 2.45) is 5.73 Å². The summed E-state index contributed by atoms with van der Waals surface area (Å²) >= 11 is 1.12. The number of amides is 1. The predicted molar refractivity (Wildman–Crippen MR) is 165 cm³/mol. The normalized spacial score (nSPS) is 13.2. The Hall–Kier alpha value is -4.42. The first-order valence-electron chi connectivity index (χ1n) is 13.6. The van der Waals surface area contributed by atoms with Gasteiger partial charge in [-0.25, -0.2) is 9.97 Å². The second-order valence-electron chi connectivity index (χ2n) is 9.70. The van der Waals surface area contributed by atoms with Crippen LogP contribution in [0.15, 0.2) is 73.6 Å². The zero-order valence-corrected chi connectivity index (χ0v) is 24.7. The van der Waals surface area contributed by atoms with Crippen LogP contribution in [0.1, 0.15) is 33.3 Å². The van der Waals surface area contributed by atoms with Gasteiger partial charge in [-0.15, -0.1) is 11.3 Å². The minimum atomic E-state index is -4.22. The van der Waals surface area contributed by atoms with Crippen LogP contribution in [0.4, 0.5) is 29.8 Å². The number of aryl methyl sites for hydroxylation is 2. The minimum Gasteiger partial charge on any atom is -0.506 e. The van der Waals surface area contributed by atoms with Crippen LogP contribution < -0.4 is 20.9 Å². The summed E-state index contributed by atoms with van der Waals surface area (Å²) in [4.78, 5) is 24.8. The standard InChI is InChI=1S/C22H24N6O2S.C9H9F3/c1-3-28(19-13-18(29)20(31-19)21(23)30)17-5-4-15(12-14(17)2)16-6-7-25-22(26-16)27-10-8-24-9-11-27;1-2-7-5-3-4-6-8(7)9(10,11)12/h3-7,12-13,24,29H,1,8-11H2,2H3,(H2,23,30);3-6H,2H2,1H3. The zero-order valence-electron chi connectivity index (χ0n) is 23.9. The first-order chi connectivity index (χ1) is 20.5. The Morgan fingerprint density at radius 1 is 1.19 bits per heavy atom. The summed E-state index contributed by atoms with van der Waals surface area (Å²) in [6.45, 7) is 11.2. The number of carbonyl (C=O) groups excluding carboxylic acids is 1. The van der Waals surface area contributed by atoms with Crippen LogP contribution in [0.3, 0.4) is 0 Å². The Morgan fingerprint density at radius 3 is 2.49 bits per heavy atom. The molecular weight excluding hydrogens is 577 g/mol.